The smallest absolute Gasteiger partial charge is 0.311 e. The molecule has 2 rings (SSSR count). The van der Waals surface area contributed by atoms with Crippen LogP contribution in [0, 0.1) is 12.3 Å². The number of hydrogen-bond acceptors (Lipinski definition) is 2. The van der Waals surface area contributed by atoms with Gasteiger partial charge in [0.1, 0.15) is 0 Å². The average Bonchev–Trinajstić information content (AvgIpc) is 2.49. The van der Waals surface area contributed by atoms with E-state index >= 15 is 0 Å². The SMILES string of the molecule is CCC1(C(=O)O)CCCN(C(=O)Cc2ccccc2C)C1. The second kappa shape index (κ2) is 6.29. The number of piperidine rings is 1. The summed E-state index contributed by atoms with van der Waals surface area (Å²) < 4.78 is 0. The van der Waals surface area contributed by atoms with Gasteiger partial charge in [0.2, 0.25) is 5.91 Å². The van der Waals surface area contributed by atoms with Crippen molar-refractivity contribution in [1.82, 2.24) is 4.90 Å². The Bertz CT molecular complexity index is 541. The molecule has 114 valence electrons. The van der Waals surface area contributed by atoms with Gasteiger partial charge in [0.15, 0.2) is 0 Å². The zero-order valence-corrected chi connectivity index (χ0v) is 12.8. The van der Waals surface area contributed by atoms with Crippen molar-refractivity contribution in [2.24, 2.45) is 5.41 Å². The minimum atomic E-state index is -0.779. The van der Waals surface area contributed by atoms with Crippen LogP contribution in [-0.2, 0) is 16.0 Å². The van der Waals surface area contributed by atoms with Crippen LogP contribution in [-0.4, -0.2) is 35.0 Å². The molecule has 1 fully saturated rings. The topological polar surface area (TPSA) is 57.6 Å². The van der Waals surface area contributed by atoms with Crippen molar-refractivity contribution in [2.45, 2.75) is 39.5 Å². The van der Waals surface area contributed by atoms with Gasteiger partial charge in [-0.3, -0.25) is 9.59 Å². The van der Waals surface area contributed by atoms with Crippen molar-refractivity contribution >= 4 is 11.9 Å². The Morgan fingerprint density at radius 3 is 2.67 bits per heavy atom. The quantitative estimate of drug-likeness (QED) is 0.927. The highest BCUT2D eigenvalue weighted by Crippen LogP contribution is 2.34. The van der Waals surface area contributed by atoms with Crippen molar-refractivity contribution in [3.8, 4) is 0 Å². The number of aliphatic carboxylic acids is 1. The lowest BCUT2D eigenvalue weighted by atomic mass is 9.77. The van der Waals surface area contributed by atoms with E-state index in [1.54, 1.807) is 4.90 Å². The fraction of sp³-hybridized carbons (Fsp3) is 0.529. The summed E-state index contributed by atoms with van der Waals surface area (Å²) >= 11 is 0. The largest absolute Gasteiger partial charge is 0.481 e. The Morgan fingerprint density at radius 2 is 2.05 bits per heavy atom. The summed E-state index contributed by atoms with van der Waals surface area (Å²) in [5, 5.41) is 9.48. The number of hydrogen-bond donors (Lipinski definition) is 1. The first-order chi connectivity index (χ1) is 9.98. The van der Waals surface area contributed by atoms with Crippen LogP contribution >= 0.6 is 0 Å². The summed E-state index contributed by atoms with van der Waals surface area (Å²) in [6.45, 7) is 4.89. The molecule has 1 amide bonds. The number of carboxylic acid groups (broad SMARTS) is 1. The maximum atomic E-state index is 12.5. The van der Waals surface area contributed by atoms with Crippen LogP contribution in [0.25, 0.3) is 0 Å². The lowest BCUT2D eigenvalue weighted by Gasteiger charge is -2.39. The van der Waals surface area contributed by atoms with Gasteiger partial charge in [0.05, 0.1) is 11.8 Å². The number of amides is 1. The molecule has 4 heteroatoms. The van der Waals surface area contributed by atoms with E-state index < -0.39 is 11.4 Å². The van der Waals surface area contributed by atoms with Crippen molar-refractivity contribution in [3.63, 3.8) is 0 Å². The third kappa shape index (κ3) is 3.26. The molecule has 1 aliphatic rings. The number of carbonyl (C=O) groups excluding carboxylic acids is 1. The Morgan fingerprint density at radius 1 is 1.33 bits per heavy atom. The van der Waals surface area contributed by atoms with Crippen molar-refractivity contribution in [2.75, 3.05) is 13.1 Å². The van der Waals surface area contributed by atoms with Gasteiger partial charge in [-0.15, -0.1) is 0 Å². The first kappa shape index (κ1) is 15.5. The predicted octanol–water partition coefficient (Wildman–Crippen LogP) is 2.64. The summed E-state index contributed by atoms with van der Waals surface area (Å²) in [6, 6.07) is 7.84. The van der Waals surface area contributed by atoms with E-state index in [4.69, 9.17) is 0 Å². The summed E-state index contributed by atoms with van der Waals surface area (Å²) in [4.78, 5) is 25.8. The van der Waals surface area contributed by atoms with Crippen LogP contribution in [0.1, 0.15) is 37.3 Å². The first-order valence-electron chi connectivity index (χ1n) is 7.54. The molecule has 1 aliphatic heterocycles. The number of rotatable bonds is 4. The lowest BCUT2D eigenvalue weighted by molar-refractivity contribution is -0.155. The van der Waals surface area contributed by atoms with Gasteiger partial charge in [-0.05, 0) is 37.3 Å². The highest BCUT2D eigenvalue weighted by atomic mass is 16.4. The molecule has 4 nitrogen and oxygen atoms in total. The summed E-state index contributed by atoms with van der Waals surface area (Å²) in [5.41, 5.74) is 1.35. The third-order valence-electron chi connectivity index (χ3n) is 4.66. The van der Waals surface area contributed by atoms with Crippen molar-refractivity contribution in [3.05, 3.63) is 35.4 Å². The fourth-order valence-electron chi connectivity index (χ4n) is 3.04. The van der Waals surface area contributed by atoms with Crippen LogP contribution in [0.5, 0.6) is 0 Å². The predicted molar refractivity (Wildman–Crippen MR) is 81.1 cm³/mol. The van der Waals surface area contributed by atoms with E-state index in [0.717, 1.165) is 17.5 Å². The zero-order chi connectivity index (χ0) is 15.5. The molecule has 21 heavy (non-hydrogen) atoms. The maximum Gasteiger partial charge on any atom is 0.311 e. The molecular formula is C17H23NO3. The normalized spacial score (nSPS) is 22.1. The van der Waals surface area contributed by atoms with Gasteiger partial charge < -0.3 is 10.0 Å². The molecule has 1 unspecified atom stereocenters. The number of benzene rings is 1. The highest BCUT2D eigenvalue weighted by Gasteiger charge is 2.41. The van der Waals surface area contributed by atoms with Crippen LogP contribution < -0.4 is 0 Å². The van der Waals surface area contributed by atoms with Gasteiger partial charge >= 0.3 is 5.97 Å². The van der Waals surface area contributed by atoms with E-state index in [1.807, 2.05) is 38.1 Å². The molecule has 1 saturated heterocycles. The van der Waals surface area contributed by atoms with Crippen molar-refractivity contribution < 1.29 is 14.7 Å². The zero-order valence-electron chi connectivity index (χ0n) is 12.8. The number of carboxylic acids is 1. The molecule has 1 heterocycles. The molecule has 1 N–H and O–H groups in total. The third-order valence-corrected chi connectivity index (χ3v) is 4.66. The van der Waals surface area contributed by atoms with Crippen LogP contribution in [0.2, 0.25) is 0 Å². The maximum absolute atomic E-state index is 12.5. The second-order valence-electron chi connectivity index (χ2n) is 5.96. The van der Waals surface area contributed by atoms with Gasteiger partial charge in [-0.25, -0.2) is 0 Å². The lowest BCUT2D eigenvalue weighted by Crippen LogP contribution is -2.50. The molecule has 0 saturated carbocycles. The molecule has 1 aromatic rings. The van der Waals surface area contributed by atoms with Crippen LogP contribution in [0.3, 0.4) is 0 Å². The van der Waals surface area contributed by atoms with Crippen molar-refractivity contribution in [1.29, 1.82) is 0 Å². The van der Waals surface area contributed by atoms with Gasteiger partial charge in [0.25, 0.3) is 0 Å². The number of nitrogens with zero attached hydrogens (tertiary/aromatic N) is 1. The Hall–Kier alpha value is -1.84. The number of carbonyl (C=O) groups is 2. The van der Waals surface area contributed by atoms with E-state index in [0.29, 0.717) is 32.4 Å². The standard InChI is InChI=1S/C17H23NO3/c1-3-17(16(20)21)9-6-10-18(12-17)15(19)11-14-8-5-4-7-13(14)2/h4-5,7-8H,3,6,9-12H2,1-2H3,(H,20,21). The Kier molecular flexibility index (Phi) is 4.66. The molecule has 0 radical (unpaired) electrons. The van der Waals surface area contributed by atoms with E-state index in [-0.39, 0.29) is 5.91 Å². The molecular weight excluding hydrogens is 266 g/mol. The first-order valence-corrected chi connectivity index (χ1v) is 7.54. The van der Waals surface area contributed by atoms with Gasteiger partial charge in [0, 0.05) is 13.1 Å². The summed E-state index contributed by atoms with van der Waals surface area (Å²) in [6.07, 6.45) is 2.34. The average molecular weight is 289 g/mol. The minimum Gasteiger partial charge on any atom is -0.481 e. The van der Waals surface area contributed by atoms with E-state index in [2.05, 4.69) is 0 Å². The van der Waals surface area contributed by atoms with Crippen LogP contribution in [0.15, 0.2) is 24.3 Å². The number of aryl methyl sites for hydroxylation is 1. The Balaban J connectivity index is 2.09. The summed E-state index contributed by atoms with van der Waals surface area (Å²) in [5.74, 6) is -0.749. The molecule has 1 atom stereocenters. The molecule has 0 aromatic heterocycles. The second-order valence-corrected chi connectivity index (χ2v) is 5.96. The fourth-order valence-corrected chi connectivity index (χ4v) is 3.04. The van der Waals surface area contributed by atoms with Crippen LogP contribution in [0.4, 0.5) is 0 Å². The Labute approximate surface area is 125 Å². The molecule has 0 spiro atoms. The highest BCUT2D eigenvalue weighted by molar-refractivity contribution is 5.81. The molecule has 1 aromatic carbocycles. The minimum absolute atomic E-state index is 0.0306. The van der Waals surface area contributed by atoms with E-state index in [1.165, 1.54) is 0 Å². The molecule has 0 aliphatic carbocycles. The van der Waals surface area contributed by atoms with E-state index in [9.17, 15) is 14.7 Å². The van der Waals surface area contributed by atoms with Gasteiger partial charge in [-0.1, -0.05) is 31.2 Å². The number of likely N-dealkylation sites (tertiary alicyclic amines) is 1. The summed E-state index contributed by atoms with van der Waals surface area (Å²) in [7, 11) is 0. The monoisotopic (exact) mass is 289 g/mol. The van der Waals surface area contributed by atoms with Gasteiger partial charge in [-0.2, -0.15) is 0 Å². The molecule has 0 bridgehead atoms.